The second-order valence-electron chi connectivity index (χ2n) is 5.63. The van der Waals surface area contributed by atoms with Crippen LogP contribution in [0.3, 0.4) is 0 Å². The Morgan fingerprint density at radius 2 is 2.18 bits per heavy atom. The van der Waals surface area contributed by atoms with Crippen LogP contribution in [0.1, 0.15) is 12.8 Å². The number of allylic oxidation sites excluding steroid dienone is 2. The molecule has 17 heavy (non-hydrogen) atoms. The molecule has 2 N–H and O–H groups in total. The van der Waals surface area contributed by atoms with E-state index in [0.29, 0.717) is 24.9 Å². The number of fused-ring (bicyclic) bond motifs is 2. The van der Waals surface area contributed by atoms with Gasteiger partial charge in [-0.2, -0.15) is 0 Å². The van der Waals surface area contributed by atoms with Crippen molar-refractivity contribution in [2.24, 2.45) is 17.8 Å². The molecule has 1 amide bonds. The highest BCUT2D eigenvalue weighted by molar-refractivity contribution is 5.80. The number of aliphatic hydroxyl groups is 1. The van der Waals surface area contributed by atoms with Gasteiger partial charge in [-0.3, -0.25) is 4.79 Å². The molecular formula is C13H20N2O2. The molecule has 1 saturated heterocycles. The zero-order valence-electron chi connectivity index (χ0n) is 10.2. The number of hydrogen-bond acceptors (Lipinski definition) is 3. The Hall–Kier alpha value is -0.870. The van der Waals surface area contributed by atoms with Crippen molar-refractivity contribution >= 4 is 5.91 Å². The summed E-state index contributed by atoms with van der Waals surface area (Å²) in [4.78, 5) is 14.2. The Balaban J connectivity index is 1.68. The van der Waals surface area contributed by atoms with Crippen LogP contribution in [0.25, 0.3) is 0 Å². The van der Waals surface area contributed by atoms with Crippen LogP contribution in [0.5, 0.6) is 0 Å². The number of nitrogens with one attached hydrogen (secondary N) is 1. The number of likely N-dealkylation sites (N-methyl/N-ethyl adjacent to an activating group) is 1. The molecule has 0 radical (unpaired) electrons. The lowest BCUT2D eigenvalue weighted by Gasteiger charge is -2.30. The van der Waals surface area contributed by atoms with Crippen LogP contribution in [0.15, 0.2) is 12.2 Å². The van der Waals surface area contributed by atoms with Gasteiger partial charge in [0.25, 0.3) is 0 Å². The zero-order chi connectivity index (χ0) is 12.0. The minimum absolute atomic E-state index is 0.0504. The second kappa shape index (κ2) is 4.10. The molecule has 4 nitrogen and oxygen atoms in total. The normalized spacial score (nSPS) is 43.3. The molecule has 3 rings (SSSR count). The first kappa shape index (κ1) is 11.2. The topological polar surface area (TPSA) is 52.6 Å². The van der Waals surface area contributed by atoms with E-state index in [9.17, 15) is 9.90 Å². The van der Waals surface area contributed by atoms with Gasteiger partial charge in [-0.15, -0.1) is 0 Å². The Bertz CT molecular complexity index is 355. The predicted octanol–water partition coefficient (Wildman–Crippen LogP) is -0.0103. The summed E-state index contributed by atoms with van der Waals surface area (Å²) in [5, 5.41) is 12.9. The standard InChI is InChI=1S/C13H20N2O2/c1-15(11-6-14-7-12(11)16)13(17)10-5-8-2-3-9(10)4-8/h2-3,8-12,14,16H,4-7H2,1H3/t8?,9?,10?,11-,12-/m0/s1. The highest BCUT2D eigenvalue weighted by Crippen LogP contribution is 2.44. The summed E-state index contributed by atoms with van der Waals surface area (Å²) < 4.78 is 0. The van der Waals surface area contributed by atoms with Crippen LogP contribution in [-0.4, -0.2) is 48.2 Å². The van der Waals surface area contributed by atoms with Crippen molar-refractivity contribution in [2.75, 3.05) is 20.1 Å². The summed E-state index contributed by atoms with van der Waals surface area (Å²) in [5.74, 6) is 1.44. The molecule has 4 heteroatoms. The first-order chi connectivity index (χ1) is 8.16. The van der Waals surface area contributed by atoms with E-state index < -0.39 is 6.10 Å². The van der Waals surface area contributed by atoms with Gasteiger partial charge in [-0.1, -0.05) is 12.2 Å². The number of carbonyl (C=O) groups excluding carboxylic acids is 1. The molecule has 3 unspecified atom stereocenters. The molecule has 94 valence electrons. The Labute approximate surface area is 102 Å². The quantitative estimate of drug-likeness (QED) is 0.663. The summed E-state index contributed by atoms with van der Waals surface area (Å²) in [7, 11) is 1.83. The van der Waals surface area contributed by atoms with Gasteiger partial charge in [-0.25, -0.2) is 0 Å². The molecule has 0 spiro atoms. The maximum absolute atomic E-state index is 12.4. The van der Waals surface area contributed by atoms with Gasteiger partial charge in [0.2, 0.25) is 5.91 Å². The van der Waals surface area contributed by atoms with Gasteiger partial charge in [0.05, 0.1) is 12.1 Å². The molecule has 1 heterocycles. The van der Waals surface area contributed by atoms with Crippen LogP contribution in [-0.2, 0) is 4.79 Å². The van der Waals surface area contributed by atoms with Gasteiger partial charge in [0.1, 0.15) is 0 Å². The van der Waals surface area contributed by atoms with Gasteiger partial charge in [0, 0.05) is 26.1 Å². The number of rotatable bonds is 2. The Morgan fingerprint density at radius 3 is 2.71 bits per heavy atom. The third-order valence-electron chi connectivity index (χ3n) is 4.59. The molecule has 3 aliphatic rings. The average molecular weight is 236 g/mol. The summed E-state index contributed by atoms with van der Waals surface area (Å²) in [6.45, 7) is 1.30. The molecule has 2 aliphatic carbocycles. The highest BCUT2D eigenvalue weighted by atomic mass is 16.3. The number of aliphatic hydroxyl groups excluding tert-OH is 1. The van der Waals surface area contributed by atoms with Gasteiger partial charge in [-0.05, 0) is 24.7 Å². The van der Waals surface area contributed by atoms with Crippen molar-refractivity contribution in [1.29, 1.82) is 0 Å². The lowest BCUT2D eigenvalue weighted by Crippen LogP contribution is -2.47. The van der Waals surface area contributed by atoms with Crippen LogP contribution < -0.4 is 5.32 Å². The van der Waals surface area contributed by atoms with Crippen molar-refractivity contribution in [3.63, 3.8) is 0 Å². The summed E-state index contributed by atoms with van der Waals surface area (Å²) in [6, 6.07) is -0.0504. The van der Waals surface area contributed by atoms with E-state index in [2.05, 4.69) is 17.5 Å². The number of nitrogens with zero attached hydrogens (tertiary/aromatic N) is 1. The van der Waals surface area contributed by atoms with Crippen LogP contribution >= 0.6 is 0 Å². The monoisotopic (exact) mass is 236 g/mol. The largest absolute Gasteiger partial charge is 0.390 e. The fourth-order valence-electron chi connectivity index (χ4n) is 3.54. The van der Waals surface area contributed by atoms with Crippen molar-refractivity contribution in [1.82, 2.24) is 10.2 Å². The third kappa shape index (κ3) is 1.79. The van der Waals surface area contributed by atoms with E-state index in [1.807, 2.05) is 7.05 Å². The molecule has 5 atom stereocenters. The number of amides is 1. The molecule has 2 bridgehead atoms. The fraction of sp³-hybridized carbons (Fsp3) is 0.769. The van der Waals surface area contributed by atoms with Crippen LogP contribution in [0.4, 0.5) is 0 Å². The minimum atomic E-state index is -0.418. The summed E-state index contributed by atoms with van der Waals surface area (Å²) in [5.41, 5.74) is 0. The molecule has 0 aromatic rings. The maximum Gasteiger partial charge on any atom is 0.226 e. The van der Waals surface area contributed by atoms with Crippen LogP contribution in [0, 0.1) is 17.8 Å². The predicted molar refractivity (Wildman–Crippen MR) is 64.3 cm³/mol. The molecule has 1 aliphatic heterocycles. The van der Waals surface area contributed by atoms with E-state index >= 15 is 0 Å². The number of carbonyl (C=O) groups is 1. The van der Waals surface area contributed by atoms with Gasteiger partial charge in [0.15, 0.2) is 0 Å². The van der Waals surface area contributed by atoms with Crippen molar-refractivity contribution in [3.05, 3.63) is 12.2 Å². The van der Waals surface area contributed by atoms with Gasteiger partial charge < -0.3 is 15.3 Å². The molecule has 1 saturated carbocycles. The van der Waals surface area contributed by atoms with Gasteiger partial charge >= 0.3 is 0 Å². The van der Waals surface area contributed by atoms with E-state index in [4.69, 9.17) is 0 Å². The lowest BCUT2D eigenvalue weighted by atomic mass is 9.92. The fourth-order valence-corrected chi connectivity index (χ4v) is 3.54. The maximum atomic E-state index is 12.4. The average Bonchev–Trinajstić information content (AvgIpc) is 3.02. The first-order valence-corrected chi connectivity index (χ1v) is 6.50. The van der Waals surface area contributed by atoms with Crippen molar-refractivity contribution in [3.8, 4) is 0 Å². The SMILES string of the molecule is CN(C(=O)C1CC2C=CC1C2)[C@H]1CNC[C@@H]1O. The lowest BCUT2D eigenvalue weighted by molar-refractivity contribution is -0.138. The highest BCUT2D eigenvalue weighted by Gasteiger charge is 2.43. The second-order valence-corrected chi connectivity index (χ2v) is 5.63. The smallest absolute Gasteiger partial charge is 0.226 e. The van der Waals surface area contributed by atoms with Crippen LogP contribution in [0.2, 0.25) is 0 Å². The van der Waals surface area contributed by atoms with E-state index in [1.165, 1.54) is 0 Å². The molecule has 0 aromatic heterocycles. The first-order valence-electron chi connectivity index (χ1n) is 6.50. The number of hydrogen-bond donors (Lipinski definition) is 2. The van der Waals surface area contributed by atoms with E-state index in [0.717, 1.165) is 12.8 Å². The van der Waals surface area contributed by atoms with Crippen molar-refractivity contribution < 1.29 is 9.90 Å². The van der Waals surface area contributed by atoms with E-state index in [-0.39, 0.29) is 17.9 Å². The summed E-state index contributed by atoms with van der Waals surface area (Å²) in [6.07, 6.45) is 6.18. The Morgan fingerprint density at radius 1 is 1.35 bits per heavy atom. The van der Waals surface area contributed by atoms with E-state index in [1.54, 1.807) is 4.90 Å². The minimum Gasteiger partial charge on any atom is -0.390 e. The van der Waals surface area contributed by atoms with Crippen molar-refractivity contribution in [2.45, 2.75) is 25.0 Å². The zero-order valence-corrected chi connectivity index (χ0v) is 10.2. The Kier molecular flexibility index (Phi) is 2.71. The molecule has 2 fully saturated rings. The molecule has 0 aromatic carbocycles. The number of β-amino-alcohol motifs (C(OH)–C–C–N with tert-alkyl or cyclic N) is 1. The third-order valence-corrected chi connectivity index (χ3v) is 4.59. The molecular weight excluding hydrogens is 216 g/mol. The summed E-state index contributed by atoms with van der Waals surface area (Å²) >= 11 is 0.